The van der Waals surface area contributed by atoms with E-state index in [2.05, 4.69) is 554 Å². The third-order valence-corrected chi connectivity index (χ3v) is 30.8. The van der Waals surface area contributed by atoms with Crippen molar-refractivity contribution >= 4 is 98.3 Å². The zero-order valence-electron chi connectivity index (χ0n) is 78.5. The summed E-state index contributed by atoms with van der Waals surface area (Å²) in [7, 11) is 0. The molecule has 0 fully saturated rings. The molecule has 672 valence electrons. The van der Waals surface area contributed by atoms with Gasteiger partial charge in [-0.1, -0.05) is 461 Å². The molecule has 0 atom stereocenters. The number of benzene rings is 20. The van der Waals surface area contributed by atoms with Gasteiger partial charge in [-0.25, -0.2) is 0 Å². The normalized spacial score (nSPS) is 13.2. The minimum absolute atomic E-state index is 0.525. The minimum Gasteiger partial charge on any atom is -0.309 e. The number of nitrogens with zero attached hydrogens (tertiary/aromatic N) is 7. The lowest BCUT2D eigenvalue weighted by Gasteiger charge is -2.34. The van der Waals surface area contributed by atoms with Crippen LogP contribution in [0.2, 0.25) is 0 Å². The third kappa shape index (κ3) is 12.5. The number of aromatic nitrogens is 7. The first kappa shape index (κ1) is 83.4. The SMILES string of the molecule is c1ccc(-c2ccc(-n3c4ccccc4c4cnc5c6c(ccc5c43)-c3ccccc3C6(c3ccccc3)c3ccccc3)cc2)cc1.c1ccc(-c2ccc(-n3c4ccccc4c4cnc5c6c(cnc5c43)-c3ccccc3C6(c3ccccc3)c3ccccc3)cc2)cc1.c1ccc(-c2cccc(-n3c4ccccc4c4cnc5c6c(ccc5c43)-c3ccccc3C6(c3ccccc3)c3ccccc3)c2)cc1. The maximum atomic E-state index is 5.42. The zero-order chi connectivity index (χ0) is 95.0. The van der Waals surface area contributed by atoms with E-state index in [0.717, 1.165) is 88.0 Å². The van der Waals surface area contributed by atoms with Crippen LogP contribution in [0.1, 0.15) is 66.8 Å². The fourth-order valence-corrected chi connectivity index (χ4v) is 24.9. The maximum Gasteiger partial charge on any atom is 0.114 e. The van der Waals surface area contributed by atoms with Gasteiger partial charge in [0.2, 0.25) is 0 Å². The number of hydrogen-bond donors (Lipinski definition) is 0. The van der Waals surface area contributed by atoms with Gasteiger partial charge in [0.15, 0.2) is 0 Å². The summed E-state index contributed by atoms with van der Waals surface area (Å²) in [6.07, 6.45) is 8.38. The first-order valence-corrected chi connectivity index (χ1v) is 49.5. The van der Waals surface area contributed by atoms with Crippen molar-refractivity contribution in [3.8, 4) is 83.8 Å². The summed E-state index contributed by atoms with van der Waals surface area (Å²) in [6.45, 7) is 0. The Morgan fingerprint density at radius 3 is 0.799 bits per heavy atom. The summed E-state index contributed by atoms with van der Waals surface area (Å²) >= 11 is 0. The summed E-state index contributed by atoms with van der Waals surface area (Å²) < 4.78 is 7.25. The van der Waals surface area contributed by atoms with Crippen LogP contribution >= 0.6 is 0 Å². The molecule has 7 heterocycles. The standard InChI is InChI=1S/2C46H30N2.C45H29N3/c1-4-15-31(16-5-1)32-17-14-22-35(29-32)48-42-26-13-11-24-37(42)40-30-47-44-39(45(40)48)28-27-38-36-23-10-12-25-41(36)46(43(38)44,33-18-6-2-7-19-33)34-20-8-3-9-21-34;1-4-14-31(15-5-1)32-24-26-35(27-25-32)48-42-23-13-11-21-37(42)40-30-47-44-39(45(40)48)29-28-38-36-20-10-12-22-41(36)46(43(38)44,33-16-6-2-7-17-33)34-18-8-3-9-19-34;1-4-14-30(15-5-1)31-24-26-34(27-25-31)48-40-23-13-11-21-36(40)38-29-46-42-41-37(28-47-43(42)44(38)48)35-20-10-12-22-39(35)45(41,32-16-6-2-7-17-32)33-18-8-3-9-19-33/h2*1-30H;1-29H. The van der Waals surface area contributed by atoms with Gasteiger partial charge in [0.05, 0.1) is 65.9 Å². The largest absolute Gasteiger partial charge is 0.309 e. The summed E-state index contributed by atoms with van der Waals surface area (Å²) in [5.41, 5.74) is 42.1. The number of fused-ring (bicyclic) bond motifs is 27. The van der Waals surface area contributed by atoms with Crippen molar-refractivity contribution in [3.63, 3.8) is 0 Å². The fourth-order valence-electron chi connectivity index (χ4n) is 24.9. The van der Waals surface area contributed by atoms with Crippen LogP contribution < -0.4 is 0 Å². The molecule has 0 N–H and O–H groups in total. The van der Waals surface area contributed by atoms with Crippen molar-refractivity contribution in [3.05, 3.63) is 607 Å². The van der Waals surface area contributed by atoms with E-state index in [0.29, 0.717) is 0 Å². The summed E-state index contributed by atoms with van der Waals surface area (Å²) in [5.74, 6) is 0. The van der Waals surface area contributed by atoms with Gasteiger partial charge in [-0.2, -0.15) is 0 Å². The Morgan fingerprint density at radius 2 is 0.424 bits per heavy atom. The van der Waals surface area contributed by atoms with E-state index < -0.39 is 16.2 Å². The number of pyridine rings is 4. The Balaban J connectivity index is 0.000000105. The number of rotatable bonds is 12. The van der Waals surface area contributed by atoms with Crippen LogP contribution in [0.5, 0.6) is 0 Å². The third-order valence-electron chi connectivity index (χ3n) is 30.8. The van der Waals surface area contributed by atoms with E-state index in [1.807, 2.05) is 0 Å². The van der Waals surface area contributed by atoms with Gasteiger partial charge in [0.1, 0.15) is 5.52 Å². The summed E-state index contributed by atoms with van der Waals surface area (Å²) in [5, 5.41) is 9.28. The lowest BCUT2D eigenvalue weighted by molar-refractivity contribution is 0.772. The van der Waals surface area contributed by atoms with Crippen LogP contribution in [0.25, 0.3) is 182 Å². The van der Waals surface area contributed by atoms with E-state index >= 15 is 0 Å². The van der Waals surface area contributed by atoms with Crippen LogP contribution in [-0.4, -0.2) is 33.6 Å². The Kier molecular flexibility index (Phi) is 19.6. The van der Waals surface area contributed by atoms with Crippen LogP contribution in [0.3, 0.4) is 0 Å². The molecule has 7 heteroatoms. The average molecular weight is 1830 g/mol. The van der Waals surface area contributed by atoms with Crippen molar-refractivity contribution in [2.75, 3.05) is 0 Å². The number of hydrogen-bond acceptors (Lipinski definition) is 4. The summed E-state index contributed by atoms with van der Waals surface area (Å²) in [6, 6.07) is 186. The molecule has 3 aliphatic carbocycles. The molecule has 0 unspecified atom stereocenters. The molecule has 27 aromatic rings. The monoisotopic (exact) mass is 1830 g/mol. The fraction of sp³-hybridized carbons (Fsp3) is 0.0219. The summed E-state index contributed by atoms with van der Waals surface area (Å²) in [4.78, 5) is 21.5. The van der Waals surface area contributed by atoms with Crippen molar-refractivity contribution in [1.82, 2.24) is 33.6 Å². The van der Waals surface area contributed by atoms with Crippen LogP contribution in [0.15, 0.2) is 540 Å². The predicted octanol–water partition coefficient (Wildman–Crippen LogP) is 33.5. The second-order valence-corrected chi connectivity index (χ2v) is 38.0. The molecular formula is C137H89N7. The van der Waals surface area contributed by atoms with Gasteiger partial charge in [0, 0.05) is 107 Å². The van der Waals surface area contributed by atoms with Gasteiger partial charge in [-0.15, -0.1) is 0 Å². The lowest BCUT2D eigenvalue weighted by atomic mass is 9.67. The lowest BCUT2D eigenvalue weighted by Crippen LogP contribution is -2.29. The van der Waals surface area contributed by atoms with Gasteiger partial charge < -0.3 is 13.7 Å². The first-order valence-electron chi connectivity index (χ1n) is 49.5. The highest BCUT2D eigenvalue weighted by Crippen LogP contribution is 2.63. The molecule has 0 saturated heterocycles. The molecule has 20 aromatic carbocycles. The Labute approximate surface area is 833 Å². The average Bonchev–Trinajstić information content (AvgIpc) is 1.52. The second kappa shape index (κ2) is 33.8. The van der Waals surface area contributed by atoms with E-state index in [-0.39, 0.29) is 0 Å². The quantitative estimate of drug-likeness (QED) is 0.122. The molecule has 3 aliphatic rings. The van der Waals surface area contributed by atoms with Crippen molar-refractivity contribution < 1.29 is 0 Å². The Hall–Kier alpha value is -18.8. The minimum atomic E-state index is -0.565. The van der Waals surface area contributed by atoms with E-state index in [1.165, 1.54) is 161 Å². The van der Waals surface area contributed by atoms with E-state index in [4.69, 9.17) is 19.9 Å². The van der Waals surface area contributed by atoms with Crippen molar-refractivity contribution in [1.29, 1.82) is 0 Å². The highest BCUT2D eigenvalue weighted by Gasteiger charge is 2.52. The molecule has 0 saturated carbocycles. The van der Waals surface area contributed by atoms with Gasteiger partial charge in [0.25, 0.3) is 0 Å². The smallest absolute Gasteiger partial charge is 0.114 e. The molecule has 7 nitrogen and oxygen atoms in total. The number of para-hydroxylation sites is 3. The molecule has 0 radical (unpaired) electrons. The van der Waals surface area contributed by atoms with Crippen LogP contribution in [0, 0.1) is 0 Å². The Morgan fingerprint density at radius 1 is 0.153 bits per heavy atom. The second-order valence-electron chi connectivity index (χ2n) is 38.0. The molecule has 0 bridgehead atoms. The highest BCUT2D eigenvalue weighted by molar-refractivity contribution is 6.22. The van der Waals surface area contributed by atoms with Gasteiger partial charge in [-0.05, 0) is 166 Å². The molecule has 144 heavy (non-hydrogen) atoms. The molecule has 7 aromatic heterocycles. The topological polar surface area (TPSA) is 66.3 Å². The van der Waals surface area contributed by atoms with Crippen molar-refractivity contribution in [2.45, 2.75) is 16.2 Å². The predicted molar refractivity (Wildman–Crippen MR) is 594 cm³/mol. The van der Waals surface area contributed by atoms with Crippen LogP contribution in [0.4, 0.5) is 0 Å². The molecule has 30 rings (SSSR count). The van der Waals surface area contributed by atoms with Crippen LogP contribution in [-0.2, 0) is 16.2 Å². The maximum absolute atomic E-state index is 5.42. The van der Waals surface area contributed by atoms with E-state index in [1.54, 1.807) is 0 Å². The molecule has 0 aliphatic heterocycles. The van der Waals surface area contributed by atoms with Gasteiger partial charge in [-0.3, -0.25) is 19.9 Å². The van der Waals surface area contributed by atoms with E-state index in [9.17, 15) is 0 Å². The van der Waals surface area contributed by atoms with Crippen molar-refractivity contribution in [2.24, 2.45) is 0 Å². The zero-order valence-corrected chi connectivity index (χ0v) is 78.5. The first-order chi connectivity index (χ1) is 71.5. The van der Waals surface area contributed by atoms with Gasteiger partial charge >= 0.3 is 0 Å². The highest BCUT2D eigenvalue weighted by atomic mass is 15.0. The molecule has 0 spiro atoms. The molecular weight excluding hydrogens is 1740 g/mol. The Bertz CT molecular complexity index is 9220. The molecule has 0 amide bonds.